The van der Waals surface area contributed by atoms with E-state index >= 15 is 0 Å². The lowest BCUT2D eigenvalue weighted by Crippen LogP contribution is -1.83. The van der Waals surface area contributed by atoms with E-state index in [-0.39, 0.29) is 0 Å². The zero-order valence-electron chi connectivity index (χ0n) is 11.4. The van der Waals surface area contributed by atoms with Crippen LogP contribution >= 0.6 is 0 Å². The molecule has 0 saturated heterocycles. The minimum absolute atomic E-state index is 1.21. The number of aromatic amines is 1. The van der Waals surface area contributed by atoms with Crippen molar-refractivity contribution in [2.24, 2.45) is 0 Å². The first-order chi connectivity index (χ1) is 9.83. The molecule has 20 heavy (non-hydrogen) atoms. The Kier molecular flexibility index (Phi) is 2.40. The van der Waals surface area contributed by atoms with Crippen LogP contribution in [0.3, 0.4) is 0 Å². The van der Waals surface area contributed by atoms with E-state index in [2.05, 4.69) is 78.8 Å². The molecule has 1 heteroatoms. The number of fused-ring (bicyclic) bond motifs is 2. The summed E-state index contributed by atoms with van der Waals surface area (Å²) in [5.41, 5.74) is 3.78. The van der Waals surface area contributed by atoms with Gasteiger partial charge in [-0.25, -0.2) is 0 Å². The molecule has 4 rings (SSSR count). The fraction of sp³-hybridized carbons (Fsp3) is 0.0526. The quantitative estimate of drug-likeness (QED) is 0.476. The molecule has 0 fully saturated rings. The molecule has 0 aliphatic carbocycles. The van der Waals surface area contributed by atoms with E-state index in [9.17, 15) is 0 Å². The molecular formula is C19H15N. The van der Waals surface area contributed by atoms with Gasteiger partial charge in [-0.1, -0.05) is 48.5 Å². The van der Waals surface area contributed by atoms with E-state index < -0.39 is 0 Å². The molecule has 96 valence electrons. The van der Waals surface area contributed by atoms with Crippen LogP contribution in [0.15, 0.2) is 66.9 Å². The van der Waals surface area contributed by atoms with Gasteiger partial charge in [0.05, 0.1) is 5.69 Å². The fourth-order valence-electron chi connectivity index (χ4n) is 2.90. The monoisotopic (exact) mass is 257 g/mol. The smallest absolute Gasteiger partial charge is 0.0536 e. The Bertz CT molecular complexity index is 915. The van der Waals surface area contributed by atoms with Crippen molar-refractivity contribution >= 4 is 21.5 Å². The average molecular weight is 257 g/mol. The highest BCUT2D eigenvalue weighted by atomic mass is 14.7. The van der Waals surface area contributed by atoms with Crippen LogP contribution in [0.4, 0.5) is 0 Å². The zero-order valence-corrected chi connectivity index (χ0v) is 11.4. The van der Waals surface area contributed by atoms with Gasteiger partial charge in [-0.2, -0.15) is 0 Å². The average Bonchev–Trinajstić information content (AvgIpc) is 2.88. The largest absolute Gasteiger partial charge is 0.360 e. The lowest BCUT2D eigenvalue weighted by molar-refractivity contribution is 1.37. The Labute approximate surface area is 117 Å². The number of aromatic nitrogens is 1. The molecule has 0 spiro atoms. The molecular weight excluding hydrogens is 242 g/mol. The maximum atomic E-state index is 3.45. The molecule has 0 bridgehead atoms. The van der Waals surface area contributed by atoms with Gasteiger partial charge in [0.15, 0.2) is 0 Å². The molecule has 0 aliphatic rings. The summed E-state index contributed by atoms with van der Waals surface area (Å²) in [7, 11) is 0. The lowest BCUT2D eigenvalue weighted by atomic mass is 10.0. The maximum Gasteiger partial charge on any atom is 0.0536 e. The molecule has 0 saturated carbocycles. The second-order valence-corrected chi connectivity index (χ2v) is 5.27. The third-order valence-electron chi connectivity index (χ3n) is 3.97. The summed E-state index contributed by atoms with van der Waals surface area (Å²) in [6.07, 6.45) is 2.10. The van der Waals surface area contributed by atoms with Crippen LogP contribution in [0.2, 0.25) is 0 Å². The van der Waals surface area contributed by atoms with Gasteiger partial charge in [0.2, 0.25) is 0 Å². The third-order valence-corrected chi connectivity index (χ3v) is 3.97. The van der Waals surface area contributed by atoms with Crippen molar-refractivity contribution in [2.75, 3.05) is 0 Å². The molecule has 0 radical (unpaired) electrons. The van der Waals surface area contributed by atoms with Gasteiger partial charge in [0.1, 0.15) is 0 Å². The highest BCUT2D eigenvalue weighted by Gasteiger charge is 2.08. The summed E-state index contributed by atoms with van der Waals surface area (Å²) in [5.74, 6) is 0. The molecule has 0 amide bonds. The first-order valence-electron chi connectivity index (χ1n) is 6.89. The van der Waals surface area contributed by atoms with E-state index in [1.54, 1.807) is 0 Å². The minimum atomic E-state index is 1.21. The van der Waals surface area contributed by atoms with E-state index in [4.69, 9.17) is 0 Å². The van der Waals surface area contributed by atoms with Crippen molar-refractivity contribution < 1.29 is 0 Å². The van der Waals surface area contributed by atoms with Gasteiger partial charge in [0.25, 0.3) is 0 Å². The molecule has 1 N–H and O–H groups in total. The topological polar surface area (TPSA) is 15.8 Å². The molecule has 0 unspecified atom stereocenters. The van der Waals surface area contributed by atoms with E-state index in [1.165, 1.54) is 38.4 Å². The summed E-state index contributed by atoms with van der Waals surface area (Å²) in [6.45, 7) is 2.16. The fourth-order valence-corrected chi connectivity index (χ4v) is 2.90. The number of H-pyrrole nitrogens is 1. The summed E-state index contributed by atoms with van der Waals surface area (Å²) in [5, 5.41) is 5.13. The predicted octanol–water partition coefficient (Wildman–Crippen LogP) is 5.30. The van der Waals surface area contributed by atoms with Crippen LogP contribution in [-0.4, -0.2) is 4.98 Å². The first kappa shape index (κ1) is 11.3. The highest BCUT2D eigenvalue weighted by molar-refractivity contribution is 6.04. The Morgan fingerprint density at radius 1 is 0.750 bits per heavy atom. The predicted molar refractivity (Wildman–Crippen MR) is 86.0 cm³/mol. The molecule has 0 aliphatic heterocycles. The first-order valence-corrected chi connectivity index (χ1v) is 6.89. The van der Waals surface area contributed by atoms with Crippen molar-refractivity contribution in [1.82, 2.24) is 4.98 Å². The zero-order chi connectivity index (χ0) is 13.5. The lowest BCUT2D eigenvalue weighted by Gasteiger charge is -2.05. The Morgan fingerprint density at radius 2 is 1.45 bits per heavy atom. The van der Waals surface area contributed by atoms with Gasteiger partial charge in [-0.3, -0.25) is 0 Å². The molecule has 3 aromatic carbocycles. The Balaban J connectivity index is 2.06. The number of benzene rings is 3. The highest BCUT2D eigenvalue weighted by Crippen LogP contribution is 2.32. The van der Waals surface area contributed by atoms with Crippen molar-refractivity contribution in [2.45, 2.75) is 6.92 Å². The summed E-state index contributed by atoms with van der Waals surface area (Å²) >= 11 is 0. The van der Waals surface area contributed by atoms with E-state index in [0.717, 1.165) is 0 Å². The molecule has 1 heterocycles. The van der Waals surface area contributed by atoms with Crippen molar-refractivity contribution in [3.63, 3.8) is 0 Å². The van der Waals surface area contributed by atoms with Crippen molar-refractivity contribution in [3.8, 4) is 11.3 Å². The van der Waals surface area contributed by atoms with Crippen LogP contribution < -0.4 is 0 Å². The van der Waals surface area contributed by atoms with Crippen molar-refractivity contribution in [1.29, 1.82) is 0 Å². The van der Waals surface area contributed by atoms with Gasteiger partial charge >= 0.3 is 0 Å². The summed E-state index contributed by atoms with van der Waals surface area (Å²) < 4.78 is 0. The molecule has 0 atom stereocenters. The molecule has 1 aromatic heterocycles. The number of nitrogens with one attached hydrogen (secondary N) is 1. The van der Waals surface area contributed by atoms with Crippen LogP contribution in [0.5, 0.6) is 0 Å². The third kappa shape index (κ3) is 1.64. The Morgan fingerprint density at radius 3 is 2.25 bits per heavy atom. The van der Waals surface area contributed by atoms with Gasteiger partial charge in [-0.15, -0.1) is 0 Å². The second kappa shape index (κ2) is 4.24. The SMILES string of the molecule is Cc1ccccc1-c1[nH]cc2cc3ccccc3cc12. The van der Waals surface area contributed by atoms with Crippen LogP contribution in [0, 0.1) is 6.92 Å². The van der Waals surface area contributed by atoms with Crippen LogP contribution in [-0.2, 0) is 0 Å². The van der Waals surface area contributed by atoms with E-state index in [0.29, 0.717) is 0 Å². The molecule has 4 aromatic rings. The number of rotatable bonds is 1. The second-order valence-electron chi connectivity index (χ2n) is 5.27. The number of aryl methyl sites for hydroxylation is 1. The Hall–Kier alpha value is -2.54. The minimum Gasteiger partial charge on any atom is -0.360 e. The van der Waals surface area contributed by atoms with Gasteiger partial charge in [0, 0.05) is 22.5 Å². The maximum absolute atomic E-state index is 3.45. The van der Waals surface area contributed by atoms with Crippen LogP contribution in [0.1, 0.15) is 5.56 Å². The molecule has 1 nitrogen and oxygen atoms in total. The van der Waals surface area contributed by atoms with E-state index in [1.807, 2.05) is 0 Å². The van der Waals surface area contributed by atoms with Crippen LogP contribution in [0.25, 0.3) is 32.8 Å². The number of hydrogen-bond donors (Lipinski definition) is 1. The van der Waals surface area contributed by atoms with Gasteiger partial charge < -0.3 is 4.98 Å². The van der Waals surface area contributed by atoms with Crippen molar-refractivity contribution in [3.05, 3.63) is 72.4 Å². The standard InChI is InChI=1S/C19H15N/c1-13-6-2-5-9-17(13)19-18-11-15-8-4-3-7-14(15)10-16(18)12-20-19/h2-12,20H,1H3. The number of hydrogen-bond acceptors (Lipinski definition) is 0. The van der Waals surface area contributed by atoms with Gasteiger partial charge in [-0.05, 0) is 35.4 Å². The summed E-state index contributed by atoms with van der Waals surface area (Å²) in [4.78, 5) is 3.45. The normalized spacial score (nSPS) is 11.2. The summed E-state index contributed by atoms with van der Waals surface area (Å²) in [6, 6.07) is 21.6.